The fourth-order valence-corrected chi connectivity index (χ4v) is 3.12. The molecule has 0 saturated heterocycles. The first-order valence-electron chi connectivity index (χ1n) is 8.38. The van der Waals surface area contributed by atoms with Crippen LogP contribution in [-0.4, -0.2) is 27.7 Å². The third kappa shape index (κ3) is 5.01. The van der Waals surface area contributed by atoms with Crippen LogP contribution in [0, 0.1) is 0 Å². The van der Waals surface area contributed by atoms with E-state index in [1.165, 1.54) is 28.7 Å². The summed E-state index contributed by atoms with van der Waals surface area (Å²) >= 11 is 1.34. The second-order valence-corrected chi connectivity index (χ2v) is 6.71. The number of ketones is 1. The third-order valence-electron chi connectivity index (χ3n) is 3.79. The molecule has 0 spiro atoms. The molecular formula is C19H18N2O5S. The van der Waals surface area contributed by atoms with Gasteiger partial charge in [0.25, 0.3) is 5.56 Å². The highest BCUT2D eigenvalue weighted by Gasteiger charge is 2.08. The SMILES string of the molecule is CC(=O)c1ccc(OCCCC(=O)OCc2cc(=O)n3ccsc3n2)cc1. The summed E-state index contributed by atoms with van der Waals surface area (Å²) in [6.07, 6.45) is 2.35. The lowest BCUT2D eigenvalue weighted by Gasteiger charge is -2.07. The van der Waals surface area contributed by atoms with Crippen molar-refractivity contribution >= 4 is 28.1 Å². The quantitative estimate of drug-likeness (QED) is 0.336. The molecule has 0 atom stereocenters. The number of hydrogen-bond donors (Lipinski definition) is 0. The van der Waals surface area contributed by atoms with Gasteiger partial charge in [0.05, 0.1) is 12.3 Å². The Bertz CT molecular complexity index is 1010. The number of ether oxygens (including phenoxy) is 2. The minimum absolute atomic E-state index is 0.000271. The van der Waals surface area contributed by atoms with Gasteiger partial charge in [-0.2, -0.15) is 0 Å². The molecule has 3 rings (SSSR count). The number of carbonyl (C=O) groups is 2. The van der Waals surface area contributed by atoms with E-state index in [-0.39, 0.29) is 30.3 Å². The lowest BCUT2D eigenvalue weighted by Crippen LogP contribution is -2.14. The monoisotopic (exact) mass is 386 g/mol. The van der Waals surface area contributed by atoms with Crippen LogP contribution in [-0.2, 0) is 16.1 Å². The molecule has 0 amide bonds. The van der Waals surface area contributed by atoms with Crippen LogP contribution >= 0.6 is 11.3 Å². The molecule has 0 aliphatic carbocycles. The average molecular weight is 386 g/mol. The predicted molar refractivity (Wildman–Crippen MR) is 100 cm³/mol. The summed E-state index contributed by atoms with van der Waals surface area (Å²) in [7, 11) is 0. The zero-order valence-electron chi connectivity index (χ0n) is 14.7. The number of benzene rings is 1. The number of hydrogen-bond acceptors (Lipinski definition) is 7. The van der Waals surface area contributed by atoms with Crippen LogP contribution in [0.3, 0.4) is 0 Å². The molecule has 7 nitrogen and oxygen atoms in total. The van der Waals surface area contributed by atoms with Gasteiger partial charge in [-0.1, -0.05) is 0 Å². The van der Waals surface area contributed by atoms with E-state index in [9.17, 15) is 14.4 Å². The van der Waals surface area contributed by atoms with Gasteiger partial charge < -0.3 is 9.47 Å². The molecule has 0 bridgehead atoms. The number of thiazole rings is 1. The molecule has 27 heavy (non-hydrogen) atoms. The molecule has 0 unspecified atom stereocenters. The Balaban J connectivity index is 1.40. The molecule has 140 valence electrons. The number of Topliss-reactive ketones (excluding diaryl/α,β-unsaturated/α-hetero) is 1. The van der Waals surface area contributed by atoms with Gasteiger partial charge in [-0.3, -0.25) is 18.8 Å². The Kier molecular flexibility index (Phi) is 5.97. The second-order valence-electron chi connectivity index (χ2n) is 5.83. The van der Waals surface area contributed by atoms with Crippen molar-refractivity contribution in [3.8, 4) is 5.75 Å². The summed E-state index contributed by atoms with van der Waals surface area (Å²) in [5.41, 5.74) is 0.856. The third-order valence-corrected chi connectivity index (χ3v) is 4.55. The highest BCUT2D eigenvalue weighted by molar-refractivity contribution is 7.15. The smallest absolute Gasteiger partial charge is 0.306 e. The van der Waals surface area contributed by atoms with Crippen molar-refractivity contribution in [2.24, 2.45) is 0 Å². The molecule has 0 radical (unpaired) electrons. The molecular weight excluding hydrogens is 368 g/mol. The van der Waals surface area contributed by atoms with E-state index in [4.69, 9.17) is 9.47 Å². The number of fused-ring (bicyclic) bond motifs is 1. The minimum Gasteiger partial charge on any atom is -0.494 e. The van der Waals surface area contributed by atoms with Crippen molar-refractivity contribution in [3.05, 3.63) is 63.5 Å². The van der Waals surface area contributed by atoms with E-state index >= 15 is 0 Å². The predicted octanol–water partition coefficient (Wildman–Crippen LogP) is 2.86. The Morgan fingerprint density at radius 3 is 2.74 bits per heavy atom. The maximum absolute atomic E-state index is 11.9. The molecule has 8 heteroatoms. The van der Waals surface area contributed by atoms with Crippen molar-refractivity contribution in [1.82, 2.24) is 9.38 Å². The van der Waals surface area contributed by atoms with Gasteiger partial charge >= 0.3 is 5.97 Å². The summed E-state index contributed by atoms with van der Waals surface area (Å²) in [5.74, 6) is 0.265. The van der Waals surface area contributed by atoms with Gasteiger partial charge in [0.2, 0.25) is 0 Å². The van der Waals surface area contributed by atoms with Crippen LogP contribution in [0.1, 0.15) is 35.8 Å². The summed E-state index contributed by atoms with van der Waals surface area (Å²) < 4.78 is 12.1. The molecule has 1 aromatic carbocycles. The molecule has 3 aromatic rings. The molecule has 2 aromatic heterocycles. The zero-order valence-corrected chi connectivity index (χ0v) is 15.5. The van der Waals surface area contributed by atoms with Gasteiger partial charge in [-0.15, -0.1) is 11.3 Å². The van der Waals surface area contributed by atoms with Gasteiger partial charge in [-0.25, -0.2) is 4.98 Å². The summed E-state index contributed by atoms with van der Waals surface area (Å²) in [6, 6.07) is 8.21. The van der Waals surface area contributed by atoms with Crippen LogP contribution in [0.15, 0.2) is 46.7 Å². The van der Waals surface area contributed by atoms with Crippen molar-refractivity contribution in [3.63, 3.8) is 0 Å². The van der Waals surface area contributed by atoms with Gasteiger partial charge in [0.1, 0.15) is 12.4 Å². The van der Waals surface area contributed by atoms with E-state index in [1.54, 1.807) is 35.8 Å². The van der Waals surface area contributed by atoms with E-state index in [2.05, 4.69) is 4.98 Å². The molecule has 2 heterocycles. The molecule has 0 saturated carbocycles. The molecule has 0 fully saturated rings. The molecule has 0 N–H and O–H groups in total. The molecule has 0 aliphatic rings. The zero-order chi connectivity index (χ0) is 19.2. The summed E-state index contributed by atoms with van der Waals surface area (Å²) in [6.45, 7) is 1.83. The fraction of sp³-hybridized carbons (Fsp3) is 0.263. The van der Waals surface area contributed by atoms with Gasteiger partial charge in [0, 0.05) is 29.6 Å². The first kappa shape index (κ1) is 18.8. The highest BCUT2D eigenvalue weighted by Crippen LogP contribution is 2.13. The number of aromatic nitrogens is 2. The van der Waals surface area contributed by atoms with E-state index in [0.717, 1.165) is 0 Å². The average Bonchev–Trinajstić information content (AvgIpc) is 3.13. The normalized spacial score (nSPS) is 10.7. The van der Waals surface area contributed by atoms with Crippen LogP contribution in [0.2, 0.25) is 0 Å². The standard InChI is InChI=1S/C19H18N2O5S/c1-13(22)14-4-6-16(7-5-14)25-9-2-3-18(24)26-12-15-11-17(23)21-8-10-27-19(21)20-15/h4-8,10-11H,2-3,9,12H2,1H3. The Labute approximate surface area is 159 Å². The lowest BCUT2D eigenvalue weighted by atomic mass is 10.1. The molecule has 0 aliphatic heterocycles. The summed E-state index contributed by atoms with van der Waals surface area (Å²) in [4.78, 5) is 39.7. The Morgan fingerprint density at radius 1 is 1.22 bits per heavy atom. The first-order valence-corrected chi connectivity index (χ1v) is 9.26. The van der Waals surface area contributed by atoms with Crippen LogP contribution in [0.25, 0.3) is 4.96 Å². The highest BCUT2D eigenvalue weighted by atomic mass is 32.1. The number of carbonyl (C=O) groups excluding carboxylic acids is 2. The second kappa shape index (κ2) is 8.59. The van der Waals surface area contributed by atoms with Crippen molar-refractivity contribution in [2.45, 2.75) is 26.4 Å². The lowest BCUT2D eigenvalue weighted by molar-refractivity contribution is -0.145. The van der Waals surface area contributed by atoms with Gasteiger partial charge in [0.15, 0.2) is 10.7 Å². The largest absolute Gasteiger partial charge is 0.494 e. The number of rotatable bonds is 8. The van der Waals surface area contributed by atoms with E-state index in [1.807, 2.05) is 0 Å². The van der Waals surface area contributed by atoms with Crippen LogP contribution in [0.5, 0.6) is 5.75 Å². The van der Waals surface area contributed by atoms with Crippen molar-refractivity contribution < 1.29 is 19.1 Å². The maximum atomic E-state index is 11.9. The topological polar surface area (TPSA) is 87.0 Å². The van der Waals surface area contributed by atoms with Crippen molar-refractivity contribution in [2.75, 3.05) is 6.61 Å². The number of esters is 1. The minimum atomic E-state index is -0.376. The Hall–Kier alpha value is -3.00. The summed E-state index contributed by atoms with van der Waals surface area (Å²) in [5, 5.41) is 1.77. The van der Waals surface area contributed by atoms with Gasteiger partial charge in [-0.05, 0) is 37.6 Å². The first-order chi connectivity index (χ1) is 13.0. The Morgan fingerprint density at radius 2 is 2.00 bits per heavy atom. The van der Waals surface area contributed by atoms with Crippen molar-refractivity contribution in [1.29, 1.82) is 0 Å². The van der Waals surface area contributed by atoms with E-state index < -0.39 is 0 Å². The van der Waals surface area contributed by atoms with Crippen LogP contribution < -0.4 is 10.3 Å². The van der Waals surface area contributed by atoms with E-state index in [0.29, 0.717) is 35.0 Å². The van der Waals surface area contributed by atoms with Crippen LogP contribution in [0.4, 0.5) is 0 Å². The number of nitrogens with zero attached hydrogens (tertiary/aromatic N) is 2. The maximum Gasteiger partial charge on any atom is 0.306 e. The fourth-order valence-electron chi connectivity index (χ4n) is 2.38.